The summed E-state index contributed by atoms with van der Waals surface area (Å²) in [5.74, 6) is 0.0430. The van der Waals surface area contributed by atoms with Crippen LogP contribution in [0.4, 0.5) is 0 Å². The summed E-state index contributed by atoms with van der Waals surface area (Å²) in [6, 6.07) is 0. The minimum Gasteiger partial charge on any atom is -0.337 e. The third-order valence-corrected chi connectivity index (χ3v) is 2.93. The van der Waals surface area contributed by atoms with Crippen molar-refractivity contribution in [2.75, 3.05) is 19.8 Å². The van der Waals surface area contributed by atoms with Gasteiger partial charge in [-0.1, -0.05) is 6.58 Å². The Morgan fingerprint density at radius 3 is 2.62 bits per heavy atom. The lowest BCUT2D eigenvalue weighted by atomic mass is 10.1. The quantitative estimate of drug-likeness (QED) is 0.658. The molecule has 0 aromatic carbocycles. The average Bonchev–Trinajstić information content (AvgIpc) is 2.39. The van der Waals surface area contributed by atoms with Crippen molar-refractivity contribution in [1.29, 1.82) is 0 Å². The predicted octanol–water partition coefficient (Wildman–Crippen LogP) is 1.37. The normalized spacial score (nSPS) is 20.0. The van der Waals surface area contributed by atoms with E-state index < -0.39 is 0 Å². The van der Waals surface area contributed by atoms with E-state index in [-0.39, 0.29) is 5.91 Å². The van der Waals surface area contributed by atoms with Crippen LogP contribution in [-0.4, -0.2) is 41.7 Å². The fourth-order valence-corrected chi connectivity index (χ4v) is 1.96. The number of carbonyl (C=O) groups excluding carboxylic acids is 1. The lowest BCUT2D eigenvalue weighted by molar-refractivity contribution is -0.129. The van der Waals surface area contributed by atoms with E-state index in [1.54, 1.807) is 11.1 Å². The zero-order chi connectivity index (χ0) is 11.4. The van der Waals surface area contributed by atoms with Gasteiger partial charge in [-0.2, -0.15) is 0 Å². The number of likely N-dealkylation sites (tertiary alicyclic amines) is 1. The van der Waals surface area contributed by atoms with Crippen LogP contribution in [0.15, 0.2) is 29.5 Å². The summed E-state index contributed by atoms with van der Waals surface area (Å²) in [6.07, 6.45) is 8.83. The zero-order valence-electron chi connectivity index (χ0n) is 9.43. The molecule has 2 heterocycles. The smallest absolute Gasteiger partial charge is 0.269 e. The van der Waals surface area contributed by atoms with Crippen molar-refractivity contribution >= 4 is 12.1 Å². The Morgan fingerprint density at radius 2 is 2.00 bits per heavy atom. The van der Waals surface area contributed by atoms with Crippen molar-refractivity contribution < 1.29 is 4.79 Å². The molecule has 0 aromatic heterocycles. The molecule has 4 heteroatoms. The summed E-state index contributed by atoms with van der Waals surface area (Å²) >= 11 is 0. The van der Waals surface area contributed by atoms with E-state index in [4.69, 9.17) is 0 Å². The SMILES string of the molecule is C=C(C(=O)N1CCCCC1)N1C=CC=NC1. The summed E-state index contributed by atoms with van der Waals surface area (Å²) in [4.78, 5) is 19.9. The van der Waals surface area contributed by atoms with Gasteiger partial charge in [-0.15, -0.1) is 0 Å². The van der Waals surface area contributed by atoms with Crippen LogP contribution in [0.3, 0.4) is 0 Å². The van der Waals surface area contributed by atoms with Crippen LogP contribution in [0.1, 0.15) is 19.3 Å². The molecule has 2 rings (SSSR count). The van der Waals surface area contributed by atoms with Gasteiger partial charge in [0.2, 0.25) is 0 Å². The maximum atomic E-state index is 12.1. The highest BCUT2D eigenvalue weighted by molar-refractivity contribution is 5.92. The number of hydrogen-bond acceptors (Lipinski definition) is 3. The van der Waals surface area contributed by atoms with Gasteiger partial charge < -0.3 is 9.80 Å². The summed E-state index contributed by atoms with van der Waals surface area (Å²) in [5, 5.41) is 0. The molecule has 0 atom stereocenters. The molecule has 2 aliphatic heterocycles. The molecule has 1 fully saturated rings. The minimum atomic E-state index is 0.0430. The number of carbonyl (C=O) groups is 1. The third-order valence-electron chi connectivity index (χ3n) is 2.93. The summed E-state index contributed by atoms with van der Waals surface area (Å²) in [7, 11) is 0. The first-order chi connectivity index (χ1) is 7.79. The molecule has 0 saturated carbocycles. The van der Waals surface area contributed by atoms with Gasteiger partial charge >= 0.3 is 0 Å². The Bertz CT molecular complexity index is 340. The number of rotatable bonds is 2. The van der Waals surface area contributed by atoms with Crippen molar-refractivity contribution in [3.8, 4) is 0 Å². The van der Waals surface area contributed by atoms with Crippen LogP contribution in [0.25, 0.3) is 0 Å². The first kappa shape index (κ1) is 10.9. The lowest BCUT2D eigenvalue weighted by Gasteiger charge is -2.30. The fraction of sp³-hybridized carbons (Fsp3) is 0.500. The van der Waals surface area contributed by atoms with Gasteiger partial charge in [0.1, 0.15) is 12.4 Å². The Balaban J connectivity index is 1.95. The predicted molar refractivity (Wildman–Crippen MR) is 63.9 cm³/mol. The molecule has 16 heavy (non-hydrogen) atoms. The molecule has 0 N–H and O–H groups in total. The second-order valence-corrected chi connectivity index (χ2v) is 4.08. The van der Waals surface area contributed by atoms with Crippen LogP contribution in [0, 0.1) is 0 Å². The standard InChI is InChI=1S/C12H17N3O/c1-11(15-9-5-6-13-10-15)12(16)14-7-3-2-4-8-14/h5-6,9H,1-4,7-8,10H2. The van der Waals surface area contributed by atoms with E-state index in [9.17, 15) is 4.79 Å². The molecule has 0 bridgehead atoms. The van der Waals surface area contributed by atoms with E-state index >= 15 is 0 Å². The Hall–Kier alpha value is -1.58. The van der Waals surface area contributed by atoms with Crippen LogP contribution < -0.4 is 0 Å². The van der Waals surface area contributed by atoms with Crippen LogP contribution in [0.5, 0.6) is 0 Å². The third kappa shape index (κ3) is 2.32. The molecule has 1 saturated heterocycles. The Kier molecular flexibility index (Phi) is 3.39. The van der Waals surface area contributed by atoms with Gasteiger partial charge in [0.05, 0.1) is 0 Å². The maximum Gasteiger partial charge on any atom is 0.269 e. The fourth-order valence-electron chi connectivity index (χ4n) is 1.96. The molecular weight excluding hydrogens is 202 g/mol. The highest BCUT2D eigenvalue weighted by Gasteiger charge is 2.21. The molecule has 86 valence electrons. The van der Waals surface area contributed by atoms with E-state index in [1.807, 2.05) is 17.2 Å². The zero-order valence-corrected chi connectivity index (χ0v) is 9.43. The molecule has 0 spiro atoms. The van der Waals surface area contributed by atoms with Crippen LogP contribution in [-0.2, 0) is 4.79 Å². The first-order valence-electron chi connectivity index (χ1n) is 5.70. The summed E-state index contributed by atoms with van der Waals surface area (Å²) in [6.45, 7) is 6.08. The number of hydrogen-bond donors (Lipinski definition) is 0. The summed E-state index contributed by atoms with van der Waals surface area (Å²) in [5.41, 5.74) is 0.523. The number of piperidine rings is 1. The van der Waals surface area contributed by atoms with Gasteiger partial charge in [-0.25, -0.2) is 0 Å². The molecule has 0 aliphatic carbocycles. The number of nitrogens with zero attached hydrogens (tertiary/aromatic N) is 3. The topological polar surface area (TPSA) is 35.9 Å². The summed E-state index contributed by atoms with van der Waals surface area (Å²) < 4.78 is 0. The molecule has 4 nitrogen and oxygen atoms in total. The highest BCUT2D eigenvalue weighted by Crippen LogP contribution is 2.14. The molecule has 0 aromatic rings. The van der Waals surface area contributed by atoms with Crippen LogP contribution in [0.2, 0.25) is 0 Å². The van der Waals surface area contributed by atoms with Crippen molar-refractivity contribution in [2.45, 2.75) is 19.3 Å². The monoisotopic (exact) mass is 219 g/mol. The molecule has 0 radical (unpaired) electrons. The van der Waals surface area contributed by atoms with Crippen molar-refractivity contribution in [3.05, 3.63) is 24.6 Å². The minimum absolute atomic E-state index is 0.0430. The second kappa shape index (κ2) is 4.96. The molecule has 1 amide bonds. The van der Waals surface area contributed by atoms with Crippen molar-refractivity contribution in [3.63, 3.8) is 0 Å². The Morgan fingerprint density at radius 1 is 1.25 bits per heavy atom. The van der Waals surface area contributed by atoms with E-state index in [2.05, 4.69) is 11.6 Å². The first-order valence-corrected chi connectivity index (χ1v) is 5.70. The lowest BCUT2D eigenvalue weighted by Crippen LogP contribution is -2.40. The van der Waals surface area contributed by atoms with Gasteiger partial charge in [0, 0.05) is 25.5 Å². The Labute approximate surface area is 95.9 Å². The second-order valence-electron chi connectivity index (χ2n) is 4.08. The molecule has 0 unspecified atom stereocenters. The number of allylic oxidation sites excluding steroid dienone is 1. The average molecular weight is 219 g/mol. The molecular formula is C12H17N3O. The van der Waals surface area contributed by atoms with Crippen LogP contribution >= 0.6 is 0 Å². The number of amides is 1. The van der Waals surface area contributed by atoms with E-state index in [0.717, 1.165) is 25.9 Å². The van der Waals surface area contributed by atoms with E-state index in [0.29, 0.717) is 12.4 Å². The van der Waals surface area contributed by atoms with Crippen molar-refractivity contribution in [1.82, 2.24) is 9.80 Å². The highest BCUT2D eigenvalue weighted by atomic mass is 16.2. The van der Waals surface area contributed by atoms with Gasteiger partial charge in [0.15, 0.2) is 0 Å². The van der Waals surface area contributed by atoms with Crippen molar-refractivity contribution in [2.24, 2.45) is 4.99 Å². The van der Waals surface area contributed by atoms with Gasteiger partial charge in [0.25, 0.3) is 5.91 Å². The largest absolute Gasteiger partial charge is 0.337 e. The maximum absolute atomic E-state index is 12.1. The molecule has 2 aliphatic rings. The van der Waals surface area contributed by atoms with Gasteiger partial charge in [-0.05, 0) is 25.3 Å². The number of aliphatic imine (C=N–C) groups is 1. The van der Waals surface area contributed by atoms with Gasteiger partial charge in [-0.3, -0.25) is 9.79 Å². The van der Waals surface area contributed by atoms with E-state index in [1.165, 1.54) is 6.42 Å².